The fraction of sp³-hybridized carbons (Fsp3) is 0.333. The molecule has 2 heterocycles. The number of nitrogens with zero attached hydrogens (tertiary/aromatic N) is 1. The van der Waals surface area contributed by atoms with E-state index in [1.165, 1.54) is 7.11 Å². The van der Waals surface area contributed by atoms with Crippen molar-refractivity contribution in [3.63, 3.8) is 0 Å². The van der Waals surface area contributed by atoms with E-state index in [2.05, 4.69) is 9.64 Å². The number of methoxy groups -OCH3 is 1. The molecule has 1 aliphatic rings. The summed E-state index contributed by atoms with van der Waals surface area (Å²) < 4.78 is 10.3. The van der Waals surface area contributed by atoms with Crippen LogP contribution in [0.1, 0.15) is 47.2 Å². The zero-order chi connectivity index (χ0) is 17.3. The van der Waals surface area contributed by atoms with E-state index < -0.39 is 5.97 Å². The fourth-order valence-corrected chi connectivity index (χ4v) is 3.23. The zero-order valence-electron chi connectivity index (χ0n) is 13.7. The topological polar surface area (TPSA) is 85.8 Å². The van der Waals surface area contributed by atoms with E-state index in [1.807, 2.05) is 31.2 Å². The van der Waals surface area contributed by atoms with Gasteiger partial charge >= 0.3 is 5.97 Å². The van der Waals surface area contributed by atoms with Crippen molar-refractivity contribution in [2.75, 3.05) is 18.6 Å². The van der Waals surface area contributed by atoms with E-state index in [-0.39, 0.29) is 23.6 Å². The minimum atomic E-state index is -0.499. The van der Waals surface area contributed by atoms with Crippen LogP contribution in [0.15, 0.2) is 40.8 Å². The summed E-state index contributed by atoms with van der Waals surface area (Å²) in [5, 5.41) is 0. The van der Waals surface area contributed by atoms with Gasteiger partial charge in [-0.25, -0.2) is 4.79 Å². The molecule has 0 unspecified atom stereocenters. The Morgan fingerprint density at radius 3 is 2.75 bits per heavy atom. The van der Waals surface area contributed by atoms with E-state index in [4.69, 9.17) is 10.2 Å². The van der Waals surface area contributed by atoms with Gasteiger partial charge in [-0.05, 0) is 37.1 Å². The Balaban J connectivity index is 1.92. The van der Waals surface area contributed by atoms with Crippen LogP contribution in [0.3, 0.4) is 0 Å². The van der Waals surface area contributed by atoms with Gasteiger partial charge in [0.05, 0.1) is 19.1 Å². The molecule has 1 aliphatic heterocycles. The van der Waals surface area contributed by atoms with Gasteiger partial charge in [-0.1, -0.05) is 18.2 Å². The molecule has 24 heavy (non-hydrogen) atoms. The van der Waals surface area contributed by atoms with E-state index in [0.29, 0.717) is 18.7 Å². The molecule has 2 N–H and O–H groups in total. The van der Waals surface area contributed by atoms with Crippen molar-refractivity contribution in [3.8, 4) is 0 Å². The average Bonchev–Trinajstić information content (AvgIpc) is 3.09. The van der Waals surface area contributed by atoms with Crippen molar-refractivity contribution in [1.29, 1.82) is 0 Å². The SMILES string of the molecule is COC(=O)c1ccc([C@H](C)N2CC[C@@H](C(N)=O)c3ccccc32)o1. The summed E-state index contributed by atoms with van der Waals surface area (Å²) in [7, 11) is 1.32. The molecule has 0 saturated carbocycles. The van der Waals surface area contributed by atoms with E-state index in [9.17, 15) is 9.59 Å². The predicted octanol–water partition coefficient (Wildman–Crippen LogP) is 2.61. The Hall–Kier alpha value is -2.76. The zero-order valence-corrected chi connectivity index (χ0v) is 13.7. The molecule has 0 aliphatic carbocycles. The summed E-state index contributed by atoms with van der Waals surface area (Å²) in [6.07, 6.45) is 0.654. The number of hydrogen-bond donors (Lipinski definition) is 1. The number of carbonyl (C=O) groups is 2. The van der Waals surface area contributed by atoms with Gasteiger partial charge in [0.25, 0.3) is 0 Å². The van der Waals surface area contributed by atoms with E-state index >= 15 is 0 Å². The maximum Gasteiger partial charge on any atom is 0.373 e. The molecule has 0 saturated heterocycles. The normalized spacial score (nSPS) is 17.9. The maximum absolute atomic E-state index is 11.7. The van der Waals surface area contributed by atoms with Crippen molar-refractivity contribution < 1.29 is 18.7 Å². The van der Waals surface area contributed by atoms with Gasteiger partial charge in [0.15, 0.2) is 0 Å². The van der Waals surface area contributed by atoms with Gasteiger partial charge in [0.1, 0.15) is 5.76 Å². The molecule has 0 bridgehead atoms. The number of benzene rings is 1. The summed E-state index contributed by atoms with van der Waals surface area (Å²) in [5.74, 6) is -0.226. The van der Waals surface area contributed by atoms with Crippen LogP contribution in [-0.4, -0.2) is 25.5 Å². The lowest BCUT2D eigenvalue weighted by Crippen LogP contribution is -2.37. The first kappa shape index (κ1) is 16.1. The van der Waals surface area contributed by atoms with Crippen LogP contribution in [0.25, 0.3) is 0 Å². The van der Waals surface area contributed by atoms with Crippen molar-refractivity contribution in [2.24, 2.45) is 5.73 Å². The van der Waals surface area contributed by atoms with Crippen molar-refractivity contribution in [1.82, 2.24) is 0 Å². The number of amides is 1. The number of furan rings is 1. The van der Waals surface area contributed by atoms with Gasteiger partial charge in [-0.15, -0.1) is 0 Å². The first-order valence-electron chi connectivity index (χ1n) is 7.86. The lowest BCUT2D eigenvalue weighted by molar-refractivity contribution is -0.119. The highest BCUT2D eigenvalue weighted by molar-refractivity contribution is 5.86. The largest absolute Gasteiger partial charge is 0.463 e. The molecule has 3 rings (SSSR count). The lowest BCUT2D eigenvalue weighted by Gasteiger charge is -2.37. The molecule has 6 heteroatoms. The number of rotatable bonds is 4. The maximum atomic E-state index is 11.7. The Bertz CT molecular complexity index is 768. The molecular weight excluding hydrogens is 308 g/mol. The second-order valence-electron chi connectivity index (χ2n) is 5.87. The lowest BCUT2D eigenvalue weighted by atomic mass is 9.88. The van der Waals surface area contributed by atoms with Crippen LogP contribution >= 0.6 is 0 Å². The van der Waals surface area contributed by atoms with Crippen molar-refractivity contribution in [3.05, 3.63) is 53.5 Å². The summed E-state index contributed by atoms with van der Waals surface area (Å²) in [4.78, 5) is 25.4. The predicted molar refractivity (Wildman–Crippen MR) is 88.8 cm³/mol. The molecular formula is C18H20N2O4. The van der Waals surface area contributed by atoms with Crippen LogP contribution < -0.4 is 10.6 Å². The highest BCUT2D eigenvalue weighted by Gasteiger charge is 2.32. The number of primary amides is 1. The molecule has 1 amide bonds. The minimum Gasteiger partial charge on any atom is -0.463 e. The van der Waals surface area contributed by atoms with Gasteiger partial charge in [-0.2, -0.15) is 0 Å². The molecule has 1 aromatic carbocycles. The van der Waals surface area contributed by atoms with Gasteiger partial charge < -0.3 is 19.8 Å². The molecule has 0 fully saturated rings. The molecule has 1 aromatic heterocycles. The van der Waals surface area contributed by atoms with E-state index in [1.54, 1.807) is 12.1 Å². The van der Waals surface area contributed by atoms with Crippen LogP contribution in [0.5, 0.6) is 0 Å². The Morgan fingerprint density at radius 2 is 2.04 bits per heavy atom. The van der Waals surface area contributed by atoms with Crippen LogP contribution in [0, 0.1) is 0 Å². The molecule has 0 radical (unpaired) electrons. The highest BCUT2D eigenvalue weighted by atomic mass is 16.5. The third kappa shape index (κ3) is 2.75. The van der Waals surface area contributed by atoms with E-state index in [0.717, 1.165) is 11.3 Å². The Labute approximate surface area is 140 Å². The number of para-hydroxylation sites is 1. The summed E-state index contributed by atoms with van der Waals surface area (Å²) in [6.45, 7) is 2.68. The second-order valence-corrected chi connectivity index (χ2v) is 5.87. The highest BCUT2D eigenvalue weighted by Crippen LogP contribution is 2.39. The summed E-state index contributed by atoms with van der Waals surface area (Å²) >= 11 is 0. The molecule has 6 nitrogen and oxygen atoms in total. The molecule has 2 aromatic rings. The Kier molecular flexibility index (Phi) is 4.29. The van der Waals surface area contributed by atoms with Gasteiger partial charge in [0.2, 0.25) is 11.7 Å². The van der Waals surface area contributed by atoms with Gasteiger partial charge in [-0.3, -0.25) is 4.79 Å². The third-order valence-electron chi connectivity index (χ3n) is 4.52. The minimum absolute atomic E-state index is 0.0848. The second kappa shape index (κ2) is 6.39. The summed E-state index contributed by atoms with van der Waals surface area (Å²) in [5.41, 5.74) is 7.44. The van der Waals surface area contributed by atoms with Crippen molar-refractivity contribution in [2.45, 2.75) is 25.3 Å². The number of esters is 1. The standard InChI is InChI=1S/C18H20N2O4/c1-11(15-7-8-16(24-15)18(22)23-2)20-10-9-13(17(19)21)12-5-3-4-6-14(12)20/h3-8,11,13H,9-10H2,1-2H3,(H2,19,21)/t11-,13+/m0/s1. The number of nitrogens with two attached hydrogens (primary N) is 1. The average molecular weight is 328 g/mol. The first-order chi connectivity index (χ1) is 11.5. The van der Waals surface area contributed by atoms with Crippen LogP contribution in [0.2, 0.25) is 0 Å². The Morgan fingerprint density at radius 1 is 1.29 bits per heavy atom. The van der Waals surface area contributed by atoms with Gasteiger partial charge in [0, 0.05) is 12.2 Å². The number of hydrogen-bond acceptors (Lipinski definition) is 5. The third-order valence-corrected chi connectivity index (χ3v) is 4.52. The summed E-state index contributed by atoms with van der Waals surface area (Å²) in [6, 6.07) is 11.1. The molecule has 126 valence electrons. The monoisotopic (exact) mass is 328 g/mol. The number of fused-ring (bicyclic) bond motifs is 1. The molecule has 2 atom stereocenters. The molecule has 0 spiro atoms. The number of carbonyl (C=O) groups excluding carboxylic acids is 2. The van der Waals surface area contributed by atoms with Crippen molar-refractivity contribution >= 4 is 17.6 Å². The number of ether oxygens (including phenoxy) is 1. The number of anilines is 1. The smallest absolute Gasteiger partial charge is 0.373 e. The van der Waals surface area contributed by atoms with Crippen LogP contribution in [-0.2, 0) is 9.53 Å². The first-order valence-corrected chi connectivity index (χ1v) is 7.86. The van der Waals surface area contributed by atoms with Crippen LogP contribution in [0.4, 0.5) is 5.69 Å². The quantitative estimate of drug-likeness (QED) is 0.872. The fourth-order valence-electron chi connectivity index (χ4n) is 3.23.